The lowest BCUT2D eigenvalue weighted by Crippen LogP contribution is -2.42. The second-order valence-corrected chi connectivity index (χ2v) is 5.06. The van der Waals surface area contributed by atoms with Gasteiger partial charge >= 0.3 is 0 Å². The number of nitrogens with one attached hydrogen (secondary N) is 1. The normalized spacial score (nSPS) is 32.1. The Morgan fingerprint density at radius 2 is 2.06 bits per heavy atom. The smallest absolute Gasteiger partial charge is 0.0917 e. The highest BCUT2D eigenvalue weighted by molar-refractivity contribution is 4.94. The highest BCUT2D eigenvalue weighted by Crippen LogP contribution is 2.25. The number of β-amino-alcohol motifs (C(OH)–C–C–N with tert-alkyl or cyclic N) is 1. The number of nitrogens with zero attached hydrogens (tertiary/aromatic N) is 3. The summed E-state index contributed by atoms with van der Waals surface area (Å²) >= 11 is 0. The van der Waals surface area contributed by atoms with Crippen molar-refractivity contribution in [2.75, 3.05) is 26.2 Å². The molecule has 1 aromatic heterocycles. The topological polar surface area (TPSA) is 53.3 Å². The number of aliphatic hydroxyl groups is 1. The summed E-state index contributed by atoms with van der Waals surface area (Å²) in [4.78, 5) is 2.43. The lowest BCUT2D eigenvalue weighted by Gasteiger charge is -2.31. The van der Waals surface area contributed by atoms with Crippen LogP contribution in [0.4, 0.5) is 0 Å². The molecule has 17 heavy (non-hydrogen) atoms. The van der Waals surface area contributed by atoms with Crippen LogP contribution in [-0.2, 0) is 0 Å². The Bertz CT molecular complexity index is 347. The Morgan fingerprint density at radius 3 is 2.76 bits per heavy atom. The first-order chi connectivity index (χ1) is 8.34. The van der Waals surface area contributed by atoms with E-state index in [1.165, 1.54) is 12.8 Å². The summed E-state index contributed by atoms with van der Waals surface area (Å²) < 4.78 is 1.89. The molecule has 2 fully saturated rings. The Kier molecular flexibility index (Phi) is 3.13. The van der Waals surface area contributed by atoms with Crippen molar-refractivity contribution in [1.82, 2.24) is 20.0 Å². The molecule has 3 rings (SSSR count). The maximum absolute atomic E-state index is 10.1. The number of piperidine rings is 1. The van der Waals surface area contributed by atoms with E-state index in [0.29, 0.717) is 6.04 Å². The van der Waals surface area contributed by atoms with E-state index in [-0.39, 0.29) is 12.1 Å². The number of aliphatic hydroxyl groups excluding tert-OH is 1. The van der Waals surface area contributed by atoms with Gasteiger partial charge in [0.05, 0.1) is 12.1 Å². The van der Waals surface area contributed by atoms with Crippen LogP contribution in [0.25, 0.3) is 0 Å². The minimum Gasteiger partial charge on any atom is -0.390 e. The third-order valence-corrected chi connectivity index (χ3v) is 3.98. The molecule has 0 saturated carbocycles. The number of likely N-dealkylation sites (tertiary alicyclic amines) is 1. The van der Waals surface area contributed by atoms with E-state index in [2.05, 4.69) is 15.3 Å². The van der Waals surface area contributed by atoms with E-state index in [0.717, 1.165) is 26.2 Å². The first-order valence-electron chi connectivity index (χ1n) is 6.46. The van der Waals surface area contributed by atoms with Crippen LogP contribution < -0.4 is 5.32 Å². The van der Waals surface area contributed by atoms with Gasteiger partial charge in [-0.05, 0) is 32.0 Å². The van der Waals surface area contributed by atoms with Crippen LogP contribution in [0.5, 0.6) is 0 Å². The highest BCUT2D eigenvalue weighted by atomic mass is 16.3. The monoisotopic (exact) mass is 236 g/mol. The van der Waals surface area contributed by atoms with Gasteiger partial charge < -0.3 is 10.4 Å². The number of aromatic nitrogens is 2. The number of rotatable bonds is 2. The van der Waals surface area contributed by atoms with Crippen LogP contribution in [-0.4, -0.2) is 58.1 Å². The van der Waals surface area contributed by atoms with Gasteiger partial charge in [-0.1, -0.05) is 0 Å². The highest BCUT2D eigenvalue weighted by Gasteiger charge is 2.36. The van der Waals surface area contributed by atoms with E-state index in [4.69, 9.17) is 0 Å². The third-order valence-electron chi connectivity index (χ3n) is 3.98. The third kappa shape index (κ3) is 2.22. The van der Waals surface area contributed by atoms with Gasteiger partial charge in [0.2, 0.25) is 0 Å². The van der Waals surface area contributed by atoms with Crippen LogP contribution in [0.1, 0.15) is 18.9 Å². The molecule has 2 aliphatic rings. The predicted octanol–water partition coefficient (Wildman–Crippen LogP) is -0.147. The average molecular weight is 236 g/mol. The molecule has 2 saturated heterocycles. The van der Waals surface area contributed by atoms with Crippen molar-refractivity contribution >= 4 is 0 Å². The van der Waals surface area contributed by atoms with Gasteiger partial charge in [0.1, 0.15) is 0 Å². The van der Waals surface area contributed by atoms with Crippen molar-refractivity contribution in [3.63, 3.8) is 0 Å². The quantitative estimate of drug-likeness (QED) is 0.750. The van der Waals surface area contributed by atoms with Crippen LogP contribution in [0, 0.1) is 0 Å². The molecule has 0 aromatic carbocycles. The molecular weight excluding hydrogens is 216 g/mol. The van der Waals surface area contributed by atoms with Crippen LogP contribution in [0.3, 0.4) is 0 Å². The fourth-order valence-electron chi connectivity index (χ4n) is 3.01. The van der Waals surface area contributed by atoms with E-state index in [9.17, 15) is 5.11 Å². The van der Waals surface area contributed by atoms with Gasteiger partial charge in [0, 0.05) is 31.5 Å². The largest absolute Gasteiger partial charge is 0.390 e. The molecule has 0 aliphatic carbocycles. The summed E-state index contributed by atoms with van der Waals surface area (Å²) in [6.07, 6.45) is 5.82. The molecule has 0 amide bonds. The van der Waals surface area contributed by atoms with Crippen molar-refractivity contribution in [2.24, 2.45) is 0 Å². The molecule has 2 aliphatic heterocycles. The fraction of sp³-hybridized carbons (Fsp3) is 0.750. The van der Waals surface area contributed by atoms with Gasteiger partial charge in [-0.2, -0.15) is 5.10 Å². The Balaban J connectivity index is 1.66. The number of hydrogen-bond donors (Lipinski definition) is 2. The van der Waals surface area contributed by atoms with Gasteiger partial charge in [-0.25, -0.2) is 0 Å². The molecule has 0 unspecified atom stereocenters. The Morgan fingerprint density at radius 1 is 1.24 bits per heavy atom. The molecule has 0 radical (unpaired) electrons. The average Bonchev–Trinajstić information content (AvgIpc) is 2.99. The summed E-state index contributed by atoms with van der Waals surface area (Å²) in [6, 6.07) is 2.67. The zero-order valence-electron chi connectivity index (χ0n) is 10.00. The molecule has 5 nitrogen and oxygen atoms in total. The van der Waals surface area contributed by atoms with Gasteiger partial charge in [-0.3, -0.25) is 9.58 Å². The van der Waals surface area contributed by atoms with Gasteiger partial charge in [0.25, 0.3) is 0 Å². The molecule has 2 atom stereocenters. The van der Waals surface area contributed by atoms with Gasteiger partial charge in [-0.15, -0.1) is 0 Å². The summed E-state index contributed by atoms with van der Waals surface area (Å²) in [5, 5.41) is 17.8. The number of hydrogen-bond acceptors (Lipinski definition) is 4. The summed E-state index contributed by atoms with van der Waals surface area (Å²) in [5.74, 6) is 0. The molecular formula is C12H20N4O. The molecule has 94 valence electrons. The molecule has 0 bridgehead atoms. The predicted molar refractivity (Wildman–Crippen MR) is 64.7 cm³/mol. The lowest BCUT2D eigenvalue weighted by atomic mass is 10.1. The molecule has 0 spiro atoms. The summed E-state index contributed by atoms with van der Waals surface area (Å²) in [5.41, 5.74) is 0. The minimum atomic E-state index is -0.287. The first-order valence-corrected chi connectivity index (χ1v) is 6.46. The van der Waals surface area contributed by atoms with Crippen molar-refractivity contribution in [3.05, 3.63) is 18.5 Å². The SMILES string of the molecule is O[C@@H]1CN(C2CCNCC2)C[C@H]1n1cccn1. The first kappa shape index (κ1) is 11.2. The maximum Gasteiger partial charge on any atom is 0.0917 e. The zero-order valence-corrected chi connectivity index (χ0v) is 10.00. The Hall–Kier alpha value is -0.910. The minimum absolute atomic E-state index is 0.125. The van der Waals surface area contributed by atoms with E-state index in [1.807, 2.05) is 16.9 Å². The molecule has 1 aromatic rings. The molecule has 5 heteroatoms. The van der Waals surface area contributed by atoms with E-state index >= 15 is 0 Å². The maximum atomic E-state index is 10.1. The molecule has 2 N–H and O–H groups in total. The Labute approximate surface area is 101 Å². The van der Waals surface area contributed by atoms with E-state index in [1.54, 1.807) is 6.20 Å². The van der Waals surface area contributed by atoms with Gasteiger partial charge in [0.15, 0.2) is 0 Å². The van der Waals surface area contributed by atoms with Crippen LogP contribution in [0.2, 0.25) is 0 Å². The zero-order chi connectivity index (χ0) is 11.7. The summed E-state index contributed by atoms with van der Waals surface area (Å²) in [6.45, 7) is 3.91. The van der Waals surface area contributed by atoms with Crippen molar-refractivity contribution in [1.29, 1.82) is 0 Å². The second kappa shape index (κ2) is 4.76. The van der Waals surface area contributed by atoms with Crippen molar-refractivity contribution < 1.29 is 5.11 Å². The second-order valence-electron chi connectivity index (χ2n) is 5.06. The molecule has 3 heterocycles. The van der Waals surface area contributed by atoms with Crippen molar-refractivity contribution in [3.8, 4) is 0 Å². The lowest BCUT2D eigenvalue weighted by molar-refractivity contribution is 0.129. The van der Waals surface area contributed by atoms with Crippen LogP contribution >= 0.6 is 0 Å². The van der Waals surface area contributed by atoms with Crippen molar-refractivity contribution in [2.45, 2.75) is 31.0 Å². The fourth-order valence-corrected chi connectivity index (χ4v) is 3.01. The standard InChI is InChI=1S/C12H20N4O/c17-12-9-15(10-2-5-13-6-3-10)8-11(12)16-7-1-4-14-16/h1,4,7,10-13,17H,2-3,5-6,8-9H2/t11-,12-/m1/s1. The van der Waals surface area contributed by atoms with Crippen LogP contribution in [0.15, 0.2) is 18.5 Å². The summed E-state index contributed by atoms with van der Waals surface area (Å²) in [7, 11) is 0. The van der Waals surface area contributed by atoms with E-state index < -0.39 is 0 Å².